The molecule has 0 bridgehead atoms. The number of carbonyl (C=O) groups excluding carboxylic acids is 1. The number of methoxy groups -OCH3 is 1. The molecule has 1 aromatic rings. The van der Waals surface area contributed by atoms with Crippen LogP contribution in [0.2, 0.25) is 0 Å². The van der Waals surface area contributed by atoms with Crippen LogP contribution in [-0.2, 0) is 23.9 Å². The summed E-state index contributed by atoms with van der Waals surface area (Å²) in [7, 11) is 1.30. The fourth-order valence-electron chi connectivity index (χ4n) is 1.98. The number of carboxylic acid groups (broad SMARTS) is 3. The van der Waals surface area contributed by atoms with Gasteiger partial charge >= 0.3 is 23.9 Å². The Bertz CT molecular complexity index is 783. The van der Waals surface area contributed by atoms with E-state index < -0.39 is 42.0 Å². The van der Waals surface area contributed by atoms with E-state index in [4.69, 9.17) is 20.1 Å². The predicted octanol–water partition coefficient (Wildman–Crippen LogP) is -0.299. The summed E-state index contributed by atoms with van der Waals surface area (Å²) < 4.78 is 9.31. The van der Waals surface area contributed by atoms with Crippen LogP contribution in [0, 0.1) is 0 Å². The number of hydrogen-bond donors (Lipinski definition) is 5. The molecular formula is C16H16O11. The summed E-state index contributed by atoms with van der Waals surface area (Å²) in [5.41, 5.74) is -3.03. The number of phenols is 1. The third-order valence-electron chi connectivity index (χ3n) is 3.30. The number of aliphatic carboxylic acids is 3. The van der Waals surface area contributed by atoms with Gasteiger partial charge in [-0.25, -0.2) is 14.4 Å². The van der Waals surface area contributed by atoms with Crippen molar-refractivity contribution in [1.82, 2.24) is 0 Å². The summed E-state index contributed by atoms with van der Waals surface area (Å²) >= 11 is 0. The van der Waals surface area contributed by atoms with E-state index in [0.717, 1.165) is 12.2 Å². The van der Waals surface area contributed by atoms with Gasteiger partial charge in [-0.05, 0) is 23.8 Å². The molecule has 0 spiro atoms. The van der Waals surface area contributed by atoms with E-state index in [1.807, 2.05) is 0 Å². The number of carboxylic acids is 3. The summed E-state index contributed by atoms with van der Waals surface area (Å²) in [5.74, 6) is -7.46. The Labute approximate surface area is 151 Å². The molecule has 2 atom stereocenters. The van der Waals surface area contributed by atoms with E-state index in [2.05, 4.69) is 4.74 Å². The van der Waals surface area contributed by atoms with Gasteiger partial charge in [0.2, 0.25) is 11.7 Å². The Hall–Kier alpha value is -3.60. The van der Waals surface area contributed by atoms with E-state index in [0.29, 0.717) is 5.56 Å². The van der Waals surface area contributed by atoms with Crippen molar-refractivity contribution < 1.29 is 54.2 Å². The Morgan fingerprint density at radius 2 is 1.81 bits per heavy atom. The lowest BCUT2D eigenvalue weighted by Crippen LogP contribution is -2.56. The van der Waals surface area contributed by atoms with Crippen molar-refractivity contribution in [2.75, 3.05) is 7.11 Å². The molecule has 0 saturated carbocycles. The highest BCUT2D eigenvalue weighted by Crippen LogP contribution is 2.27. The zero-order chi connectivity index (χ0) is 20.8. The smallest absolute Gasteiger partial charge is 0.348 e. The first-order chi connectivity index (χ1) is 12.5. The van der Waals surface area contributed by atoms with Gasteiger partial charge in [-0.1, -0.05) is 6.07 Å². The molecule has 0 aliphatic heterocycles. The molecule has 0 aromatic heterocycles. The van der Waals surface area contributed by atoms with Gasteiger partial charge in [0.25, 0.3) is 0 Å². The highest BCUT2D eigenvalue weighted by Gasteiger charge is 2.52. The van der Waals surface area contributed by atoms with Crippen LogP contribution in [0.4, 0.5) is 0 Å². The molecule has 0 unspecified atom stereocenters. The molecule has 27 heavy (non-hydrogen) atoms. The lowest BCUT2D eigenvalue weighted by atomic mass is 9.92. The topological polar surface area (TPSA) is 188 Å². The summed E-state index contributed by atoms with van der Waals surface area (Å²) in [6.07, 6.45) is -2.31. The van der Waals surface area contributed by atoms with Crippen molar-refractivity contribution >= 4 is 30.0 Å². The Morgan fingerprint density at radius 1 is 1.19 bits per heavy atom. The quantitative estimate of drug-likeness (QED) is 0.278. The molecule has 146 valence electrons. The van der Waals surface area contributed by atoms with Crippen molar-refractivity contribution in [3.05, 3.63) is 29.8 Å². The second-order valence-corrected chi connectivity index (χ2v) is 5.22. The van der Waals surface area contributed by atoms with Gasteiger partial charge in [0, 0.05) is 6.08 Å². The normalized spacial score (nSPS) is 14.1. The molecule has 0 radical (unpaired) electrons. The van der Waals surface area contributed by atoms with E-state index >= 15 is 0 Å². The first-order valence-corrected chi connectivity index (χ1v) is 7.17. The predicted molar refractivity (Wildman–Crippen MR) is 86.0 cm³/mol. The highest BCUT2D eigenvalue weighted by molar-refractivity contribution is 5.94. The van der Waals surface area contributed by atoms with E-state index in [1.165, 1.54) is 25.3 Å². The zero-order valence-corrected chi connectivity index (χ0v) is 13.9. The number of hydrogen-bond acceptors (Lipinski definition) is 8. The van der Waals surface area contributed by atoms with Crippen molar-refractivity contribution in [2.24, 2.45) is 0 Å². The minimum absolute atomic E-state index is 0.0932. The van der Waals surface area contributed by atoms with Crippen LogP contribution < -0.4 is 4.74 Å². The monoisotopic (exact) mass is 384 g/mol. The van der Waals surface area contributed by atoms with Crippen LogP contribution in [0.15, 0.2) is 24.3 Å². The van der Waals surface area contributed by atoms with Crippen LogP contribution in [0.25, 0.3) is 6.08 Å². The molecule has 0 saturated heterocycles. The minimum atomic E-state index is -3.37. The Morgan fingerprint density at radius 3 is 2.30 bits per heavy atom. The maximum atomic E-state index is 11.8. The van der Waals surface area contributed by atoms with Crippen molar-refractivity contribution in [1.29, 1.82) is 0 Å². The lowest BCUT2D eigenvalue weighted by Gasteiger charge is -2.27. The largest absolute Gasteiger partial charge is 0.504 e. The molecule has 0 fully saturated rings. The maximum absolute atomic E-state index is 11.8. The van der Waals surface area contributed by atoms with E-state index in [1.54, 1.807) is 0 Å². The molecule has 5 N–H and O–H groups in total. The number of aromatic hydroxyl groups is 1. The van der Waals surface area contributed by atoms with Gasteiger partial charge in [0.1, 0.15) is 0 Å². The fraction of sp³-hybridized carbons (Fsp3) is 0.250. The number of rotatable bonds is 9. The summed E-state index contributed by atoms with van der Waals surface area (Å²) in [6, 6.07) is 3.99. The molecule has 1 aromatic carbocycles. The highest BCUT2D eigenvalue weighted by atomic mass is 16.6. The zero-order valence-electron chi connectivity index (χ0n) is 13.9. The molecule has 0 aliphatic rings. The van der Waals surface area contributed by atoms with Gasteiger partial charge in [-0.2, -0.15) is 0 Å². The molecule has 11 nitrogen and oxygen atoms in total. The van der Waals surface area contributed by atoms with Gasteiger partial charge in [0.15, 0.2) is 11.5 Å². The van der Waals surface area contributed by atoms with Crippen LogP contribution >= 0.6 is 0 Å². The second-order valence-electron chi connectivity index (χ2n) is 5.22. The number of esters is 1. The number of benzene rings is 1. The number of carbonyl (C=O) groups is 4. The SMILES string of the molecule is COc1cc(C=CC(=O)O[C@@H](C(=O)O)[C@](O)(CC(=O)O)C(=O)O)ccc1O. The number of ether oxygens (including phenoxy) is 2. The van der Waals surface area contributed by atoms with Gasteiger partial charge in [0.05, 0.1) is 13.5 Å². The van der Waals surface area contributed by atoms with Crippen LogP contribution in [0.3, 0.4) is 0 Å². The first-order valence-electron chi connectivity index (χ1n) is 7.17. The molecule has 0 amide bonds. The summed E-state index contributed by atoms with van der Waals surface area (Å²) in [6.45, 7) is 0. The van der Waals surface area contributed by atoms with Gasteiger partial charge in [-0.15, -0.1) is 0 Å². The van der Waals surface area contributed by atoms with Crippen LogP contribution in [0.5, 0.6) is 11.5 Å². The average Bonchev–Trinajstić information content (AvgIpc) is 2.57. The summed E-state index contributed by atoms with van der Waals surface area (Å²) in [4.78, 5) is 44.9. The average molecular weight is 384 g/mol. The van der Waals surface area contributed by atoms with Crippen molar-refractivity contribution in [3.8, 4) is 11.5 Å². The third-order valence-corrected chi connectivity index (χ3v) is 3.30. The first kappa shape index (κ1) is 21.4. The molecule has 11 heteroatoms. The lowest BCUT2D eigenvalue weighted by molar-refractivity contribution is -0.195. The Balaban J connectivity index is 3.03. The van der Waals surface area contributed by atoms with Crippen molar-refractivity contribution in [3.63, 3.8) is 0 Å². The minimum Gasteiger partial charge on any atom is -0.504 e. The van der Waals surface area contributed by atoms with E-state index in [9.17, 15) is 29.4 Å². The van der Waals surface area contributed by atoms with Gasteiger partial charge < -0.3 is 35.0 Å². The van der Waals surface area contributed by atoms with E-state index in [-0.39, 0.29) is 11.5 Å². The second kappa shape index (κ2) is 8.67. The van der Waals surface area contributed by atoms with Crippen molar-refractivity contribution in [2.45, 2.75) is 18.1 Å². The standard InChI is InChI=1S/C16H16O11/c1-26-10-6-8(2-4-9(10)17)3-5-12(20)27-13(14(21)22)16(25,15(23)24)7-11(18)19/h2-6,13,17,25H,7H2,1H3,(H,18,19)(H,21,22)(H,23,24)/t13-,16+/m0/s1. The third kappa shape index (κ3) is 5.44. The fourth-order valence-corrected chi connectivity index (χ4v) is 1.98. The maximum Gasteiger partial charge on any atom is 0.348 e. The van der Waals surface area contributed by atoms with Crippen LogP contribution in [0.1, 0.15) is 12.0 Å². The summed E-state index contributed by atoms with van der Waals surface area (Å²) in [5, 5.41) is 46.1. The van der Waals surface area contributed by atoms with Gasteiger partial charge in [-0.3, -0.25) is 4.79 Å². The number of aliphatic hydroxyl groups is 1. The molecular weight excluding hydrogens is 368 g/mol. The number of phenolic OH excluding ortho intramolecular Hbond substituents is 1. The molecule has 0 aliphatic carbocycles. The molecule has 0 heterocycles. The van der Waals surface area contributed by atoms with Crippen LogP contribution in [-0.4, -0.2) is 68.2 Å². The Kier molecular flexibility index (Phi) is 6.88. The molecule has 1 rings (SSSR count).